The lowest BCUT2D eigenvalue weighted by Gasteiger charge is -2.31. The van der Waals surface area contributed by atoms with Gasteiger partial charge in [-0.05, 0) is 26.1 Å². The molecule has 0 aromatic carbocycles. The van der Waals surface area contributed by atoms with Crippen LogP contribution in [-0.2, 0) is 4.79 Å². The third-order valence-electron chi connectivity index (χ3n) is 2.62. The summed E-state index contributed by atoms with van der Waals surface area (Å²) in [5, 5.41) is 0. The van der Waals surface area contributed by atoms with Gasteiger partial charge in [-0.3, -0.25) is 14.7 Å². The van der Waals surface area contributed by atoms with Crippen LogP contribution in [0, 0.1) is 6.92 Å². The molecule has 0 aliphatic carbocycles. The molecule has 0 radical (unpaired) electrons. The number of likely N-dealkylation sites (N-methyl/N-ethyl adjacent to an activating group) is 1. The zero-order valence-electron chi connectivity index (χ0n) is 11.1. The molecule has 1 aromatic heterocycles. The van der Waals surface area contributed by atoms with Gasteiger partial charge in [-0.25, -0.2) is 0 Å². The van der Waals surface area contributed by atoms with Crippen molar-refractivity contribution in [1.82, 2.24) is 9.88 Å². The highest BCUT2D eigenvalue weighted by Crippen LogP contribution is 2.15. The van der Waals surface area contributed by atoms with Gasteiger partial charge in [0.25, 0.3) is 0 Å². The van der Waals surface area contributed by atoms with Crippen LogP contribution in [0.4, 0.5) is 5.69 Å². The Hall–Kier alpha value is -1.42. The summed E-state index contributed by atoms with van der Waals surface area (Å²) in [5.74, 6) is 0.148. The minimum atomic E-state index is 0.148. The van der Waals surface area contributed by atoms with Crippen LogP contribution >= 0.6 is 0 Å². The molecule has 0 N–H and O–H groups in total. The number of carbonyl (C=O) groups is 1. The van der Waals surface area contributed by atoms with E-state index in [4.69, 9.17) is 0 Å². The van der Waals surface area contributed by atoms with E-state index in [0.717, 1.165) is 24.5 Å². The molecule has 2 rings (SSSR count). The lowest BCUT2D eigenvalue weighted by Crippen LogP contribution is -2.48. The van der Waals surface area contributed by atoms with E-state index in [0.29, 0.717) is 6.54 Å². The molecule has 4 heteroatoms. The molecule has 0 bridgehead atoms. The fourth-order valence-electron chi connectivity index (χ4n) is 1.68. The zero-order valence-corrected chi connectivity index (χ0v) is 11.1. The van der Waals surface area contributed by atoms with Crippen LogP contribution in [0.15, 0.2) is 18.3 Å². The Kier molecular flexibility index (Phi) is 5.10. The number of nitrogens with zero attached hydrogens (tertiary/aromatic N) is 3. The number of aryl methyl sites for hydroxylation is 1. The summed E-state index contributed by atoms with van der Waals surface area (Å²) >= 11 is 0. The van der Waals surface area contributed by atoms with Gasteiger partial charge < -0.3 is 4.90 Å². The summed E-state index contributed by atoms with van der Waals surface area (Å²) in [6, 6.07) is 3.88. The van der Waals surface area contributed by atoms with Crippen molar-refractivity contribution in [3.63, 3.8) is 0 Å². The van der Waals surface area contributed by atoms with Gasteiger partial charge in [0.05, 0.1) is 18.4 Å². The highest BCUT2D eigenvalue weighted by molar-refractivity contribution is 5.95. The second-order valence-electron chi connectivity index (χ2n) is 3.94. The number of hydrogen-bond acceptors (Lipinski definition) is 3. The Bertz CT molecular complexity index is 361. The van der Waals surface area contributed by atoms with Gasteiger partial charge in [0.1, 0.15) is 0 Å². The fourth-order valence-corrected chi connectivity index (χ4v) is 1.68. The number of anilines is 1. The first-order chi connectivity index (χ1) is 8.16. The van der Waals surface area contributed by atoms with Gasteiger partial charge in [0.2, 0.25) is 5.91 Å². The smallest absolute Gasteiger partial charge is 0.241 e. The maximum atomic E-state index is 11.7. The molecule has 4 nitrogen and oxygen atoms in total. The van der Waals surface area contributed by atoms with Crippen molar-refractivity contribution < 1.29 is 4.79 Å². The summed E-state index contributed by atoms with van der Waals surface area (Å²) in [7, 11) is 1.96. The van der Waals surface area contributed by atoms with Gasteiger partial charge in [-0.15, -0.1) is 0 Å². The summed E-state index contributed by atoms with van der Waals surface area (Å²) in [5.41, 5.74) is 1.87. The first kappa shape index (κ1) is 13.6. The van der Waals surface area contributed by atoms with Gasteiger partial charge in [0.15, 0.2) is 0 Å². The second kappa shape index (κ2) is 6.35. The van der Waals surface area contributed by atoms with Crippen LogP contribution in [-0.4, -0.2) is 42.5 Å². The van der Waals surface area contributed by atoms with Crippen LogP contribution in [0.2, 0.25) is 0 Å². The van der Waals surface area contributed by atoms with E-state index in [9.17, 15) is 4.79 Å². The number of aromatic nitrogens is 1. The number of piperazine rings is 1. The largest absolute Gasteiger partial charge is 0.308 e. The summed E-state index contributed by atoms with van der Waals surface area (Å²) < 4.78 is 0. The van der Waals surface area contributed by atoms with E-state index in [2.05, 4.69) is 4.98 Å². The van der Waals surface area contributed by atoms with E-state index >= 15 is 0 Å². The maximum absolute atomic E-state index is 11.7. The molecule has 1 amide bonds. The minimum absolute atomic E-state index is 0.148. The average Bonchev–Trinajstić information content (AvgIpc) is 2.33. The van der Waals surface area contributed by atoms with E-state index in [-0.39, 0.29) is 5.91 Å². The molecule has 94 valence electrons. The molecule has 1 aromatic rings. The van der Waals surface area contributed by atoms with Crippen LogP contribution < -0.4 is 4.90 Å². The third kappa shape index (κ3) is 3.53. The monoisotopic (exact) mass is 235 g/mol. The Balaban J connectivity index is 0.000000686. The SMILES string of the molecule is CC.Cc1ccc(N2CCN(C)CC2=O)cn1. The van der Waals surface area contributed by atoms with Crippen LogP contribution in [0.5, 0.6) is 0 Å². The Morgan fingerprint density at radius 3 is 2.47 bits per heavy atom. The predicted molar refractivity (Wildman–Crippen MR) is 70.2 cm³/mol. The van der Waals surface area contributed by atoms with E-state index in [1.165, 1.54) is 0 Å². The van der Waals surface area contributed by atoms with Crippen LogP contribution in [0.1, 0.15) is 19.5 Å². The highest BCUT2D eigenvalue weighted by atomic mass is 16.2. The molecule has 1 fully saturated rings. The number of amides is 1. The first-order valence-corrected chi connectivity index (χ1v) is 6.08. The van der Waals surface area contributed by atoms with Gasteiger partial charge in [-0.2, -0.15) is 0 Å². The lowest BCUT2D eigenvalue weighted by atomic mass is 10.2. The third-order valence-corrected chi connectivity index (χ3v) is 2.62. The molecule has 17 heavy (non-hydrogen) atoms. The Morgan fingerprint density at radius 1 is 1.24 bits per heavy atom. The average molecular weight is 235 g/mol. The first-order valence-electron chi connectivity index (χ1n) is 6.08. The lowest BCUT2D eigenvalue weighted by molar-refractivity contribution is -0.120. The zero-order chi connectivity index (χ0) is 12.8. The molecular formula is C13H21N3O. The quantitative estimate of drug-likeness (QED) is 0.743. The summed E-state index contributed by atoms with van der Waals surface area (Å²) in [6.07, 6.45) is 1.76. The van der Waals surface area contributed by atoms with Gasteiger partial charge in [-0.1, -0.05) is 13.8 Å². The van der Waals surface area contributed by atoms with E-state index in [1.54, 1.807) is 11.1 Å². The minimum Gasteiger partial charge on any atom is -0.308 e. The molecule has 0 spiro atoms. The van der Waals surface area contributed by atoms with Crippen LogP contribution in [0.25, 0.3) is 0 Å². The van der Waals surface area contributed by atoms with Crippen molar-refractivity contribution in [2.24, 2.45) is 0 Å². The molecular weight excluding hydrogens is 214 g/mol. The van der Waals surface area contributed by atoms with E-state index in [1.807, 2.05) is 44.9 Å². The Morgan fingerprint density at radius 2 is 1.94 bits per heavy atom. The molecule has 0 saturated carbocycles. The van der Waals surface area contributed by atoms with Crippen LogP contribution in [0.3, 0.4) is 0 Å². The molecule has 0 atom stereocenters. The van der Waals surface area contributed by atoms with Crippen molar-refractivity contribution in [2.45, 2.75) is 20.8 Å². The number of hydrogen-bond donors (Lipinski definition) is 0. The number of pyridine rings is 1. The van der Waals surface area contributed by atoms with Gasteiger partial charge >= 0.3 is 0 Å². The molecule has 1 saturated heterocycles. The standard InChI is InChI=1S/C11H15N3O.C2H6/c1-9-3-4-10(7-12-9)14-6-5-13(2)8-11(14)15;1-2/h3-4,7H,5-6,8H2,1-2H3;1-2H3. The fraction of sp³-hybridized carbons (Fsp3) is 0.538. The topological polar surface area (TPSA) is 36.4 Å². The van der Waals surface area contributed by atoms with Crippen molar-refractivity contribution in [3.8, 4) is 0 Å². The molecule has 0 unspecified atom stereocenters. The Labute approximate surface area is 103 Å². The van der Waals surface area contributed by atoms with Crippen molar-refractivity contribution in [3.05, 3.63) is 24.0 Å². The number of rotatable bonds is 1. The second-order valence-corrected chi connectivity index (χ2v) is 3.94. The summed E-state index contributed by atoms with van der Waals surface area (Å²) in [4.78, 5) is 19.8. The normalized spacial score (nSPS) is 16.5. The van der Waals surface area contributed by atoms with Crippen molar-refractivity contribution in [2.75, 3.05) is 31.6 Å². The van der Waals surface area contributed by atoms with Gasteiger partial charge in [0, 0.05) is 18.8 Å². The molecule has 1 aliphatic rings. The molecule has 1 aliphatic heterocycles. The number of carbonyl (C=O) groups excluding carboxylic acids is 1. The summed E-state index contributed by atoms with van der Waals surface area (Å²) in [6.45, 7) is 8.10. The molecule has 2 heterocycles. The predicted octanol–water partition coefficient (Wildman–Crippen LogP) is 1.69. The van der Waals surface area contributed by atoms with Crippen molar-refractivity contribution in [1.29, 1.82) is 0 Å². The van der Waals surface area contributed by atoms with E-state index < -0.39 is 0 Å². The maximum Gasteiger partial charge on any atom is 0.241 e. The van der Waals surface area contributed by atoms with Crippen molar-refractivity contribution >= 4 is 11.6 Å². The highest BCUT2D eigenvalue weighted by Gasteiger charge is 2.22.